The van der Waals surface area contributed by atoms with E-state index < -0.39 is 0 Å². The number of anilines is 2. The van der Waals surface area contributed by atoms with Crippen LogP contribution in [0.4, 0.5) is 11.4 Å². The summed E-state index contributed by atoms with van der Waals surface area (Å²) in [7, 11) is 1.64. The molecular formula is C54H81N3O15. The second-order valence-corrected chi connectivity index (χ2v) is 15.2. The van der Waals surface area contributed by atoms with Crippen LogP contribution in [0, 0.1) is 6.92 Å². The van der Waals surface area contributed by atoms with Crippen molar-refractivity contribution in [2.24, 2.45) is 0 Å². The summed E-state index contributed by atoms with van der Waals surface area (Å²) in [5.41, 5.74) is 5.45. The number of aliphatic hydroxyl groups is 10. The molecule has 18 heteroatoms. The van der Waals surface area contributed by atoms with Crippen LogP contribution in [0.15, 0.2) is 127 Å². The summed E-state index contributed by atoms with van der Waals surface area (Å²) in [5.74, 6) is 2.94. The van der Waals surface area contributed by atoms with E-state index in [1.165, 1.54) is 5.56 Å². The van der Waals surface area contributed by atoms with Crippen LogP contribution in [0.2, 0.25) is 0 Å². The zero-order chi connectivity index (χ0) is 52.9. The molecule has 5 aromatic carbocycles. The van der Waals surface area contributed by atoms with E-state index in [-0.39, 0.29) is 79.3 Å². The van der Waals surface area contributed by atoms with Gasteiger partial charge < -0.3 is 84.5 Å². The second-order valence-electron chi connectivity index (χ2n) is 15.2. The molecule has 72 heavy (non-hydrogen) atoms. The largest absolute Gasteiger partial charge is 0.497 e. The fourth-order valence-electron chi connectivity index (χ4n) is 6.22. The summed E-state index contributed by atoms with van der Waals surface area (Å²) in [6.07, 6.45) is 0. The molecule has 0 aliphatic carbocycles. The van der Waals surface area contributed by atoms with Crippen molar-refractivity contribution in [3.05, 3.63) is 144 Å². The molecule has 0 spiro atoms. The van der Waals surface area contributed by atoms with Gasteiger partial charge in [0.15, 0.2) is 0 Å². The first-order valence-corrected chi connectivity index (χ1v) is 23.9. The lowest BCUT2D eigenvalue weighted by Gasteiger charge is -2.22. The molecule has 0 aliphatic rings. The minimum Gasteiger partial charge on any atom is -0.497 e. The van der Waals surface area contributed by atoms with Gasteiger partial charge in [-0.05, 0) is 90.8 Å². The third-order valence-electron chi connectivity index (χ3n) is 9.73. The molecule has 402 valence electrons. The molecule has 0 aromatic heterocycles. The number of methoxy groups -OCH3 is 1. The highest BCUT2D eigenvalue weighted by atomic mass is 16.5. The topological polar surface area (TPSA) is 258 Å². The number of rotatable bonds is 30. The van der Waals surface area contributed by atoms with E-state index in [2.05, 4.69) is 0 Å². The van der Waals surface area contributed by atoms with E-state index in [0.29, 0.717) is 70.6 Å². The first kappa shape index (κ1) is 64.4. The van der Waals surface area contributed by atoms with Crippen LogP contribution in [-0.2, 0) is 17.9 Å². The number of para-hydroxylation sites is 1. The van der Waals surface area contributed by atoms with Gasteiger partial charge in [0, 0.05) is 57.2 Å². The van der Waals surface area contributed by atoms with Gasteiger partial charge in [0.05, 0.1) is 86.4 Å². The van der Waals surface area contributed by atoms with Gasteiger partial charge in [-0.1, -0.05) is 60.2 Å². The Kier molecular flexibility index (Phi) is 39.5. The first-order chi connectivity index (χ1) is 35.2. The quantitative estimate of drug-likeness (QED) is 0.0297. The predicted molar refractivity (Wildman–Crippen MR) is 280 cm³/mol. The highest BCUT2D eigenvalue weighted by Gasteiger charge is 2.06. The number of ether oxygens (including phenoxy) is 5. The maximum atomic E-state index is 8.88. The van der Waals surface area contributed by atoms with Crippen molar-refractivity contribution >= 4 is 11.4 Å². The molecule has 0 radical (unpaired) electrons. The fourth-order valence-corrected chi connectivity index (χ4v) is 6.22. The van der Waals surface area contributed by atoms with E-state index in [4.69, 9.17) is 74.7 Å². The number of aryl methyl sites for hydroxylation is 1. The van der Waals surface area contributed by atoms with Gasteiger partial charge in [-0.3, -0.25) is 4.90 Å². The molecule has 0 atom stereocenters. The molecule has 0 heterocycles. The Morgan fingerprint density at radius 1 is 0.361 bits per heavy atom. The number of benzene rings is 5. The van der Waals surface area contributed by atoms with Crippen molar-refractivity contribution in [1.82, 2.24) is 4.90 Å². The van der Waals surface area contributed by atoms with E-state index in [9.17, 15) is 0 Å². The minimum atomic E-state index is 0.00274. The average Bonchev–Trinajstić information content (AvgIpc) is 3.41. The van der Waals surface area contributed by atoms with E-state index in [1.807, 2.05) is 125 Å². The molecule has 0 amide bonds. The van der Waals surface area contributed by atoms with Gasteiger partial charge in [-0.25, -0.2) is 0 Å². The maximum Gasteiger partial charge on any atom is 0.119 e. The Labute approximate surface area is 425 Å². The molecule has 0 fully saturated rings. The second kappa shape index (κ2) is 44.1. The third kappa shape index (κ3) is 31.0. The summed E-state index contributed by atoms with van der Waals surface area (Å²) in [4.78, 5) is 5.90. The van der Waals surface area contributed by atoms with Crippen molar-refractivity contribution in [3.63, 3.8) is 0 Å². The average molecular weight is 1010 g/mol. The van der Waals surface area contributed by atoms with Gasteiger partial charge in [0.1, 0.15) is 42.8 Å². The molecule has 0 saturated heterocycles. The van der Waals surface area contributed by atoms with Crippen LogP contribution < -0.4 is 28.7 Å². The zero-order valence-electron chi connectivity index (χ0n) is 42.0. The van der Waals surface area contributed by atoms with Crippen molar-refractivity contribution in [2.45, 2.75) is 20.1 Å². The predicted octanol–water partition coefficient (Wildman–Crippen LogP) is 2.74. The van der Waals surface area contributed by atoms with Gasteiger partial charge in [0.2, 0.25) is 0 Å². The van der Waals surface area contributed by atoms with Gasteiger partial charge in [-0.15, -0.1) is 0 Å². The molecule has 5 aromatic rings. The van der Waals surface area contributed by atoms with Gasteiger partial charge in [-0.2, -0.15) is 0 Å². The first-order valence-electron chi connectivity index (χ1n) is 23.9. The Hall–Kier alpha value is -5.58. The zero-order valence-corrected chi connectivity index (χ0v) is 42.0. The molecule has 0 bridgehead atoms. The molecule has 10 N–H and O–H groups in total. The number of aliphatic hydroxyl groups excluding tert-OH is 10. The minimum absolute atomic E-state index is 0.00274. The van der Waals surface area contributed by atoms with Crippen LogP contribution in [0.25, 0.3) is 0 Å². The van der Waals surface area contributed by atoms with Crippen molar-refractivity contribution < 1.29 is 74.7 Å². The maximum absolute atomic E-state index is 8.88. The molecule has 0 unspecified atom stereocenters. The SMILES string of the molecule is COc1ccc(CN(CCO)CCO)cc1.Cc1ccc(N(CCO)CCO)cc1.OCCN(CCO)c1ccccc1.OCCOCc1ccc(OCCO)cc1.OCCOc1ccc(OCCO)cc1. The fraction of sp³-hybridized carbons (Fsp3) is 0.444. The van der Waals surface area contributed by atoms with Gasteiger partial charge >= 0.3 is 0 Å². The Morgan fingerprint density at radius 3 is 1.10 bits per heavy atom. The number of hydrogen-bond donors (Lipinski definition) is 10. The summed E-state index contributed by atoms with van der Waals surface area (Å²) in [6.45, 7) is 8.57. The Bertz CT molecular complexity index is 1890. The van der Waals surface area contributed by atoms with E-state index >= 15 is 0 Å². The Morgan fingerprint density at radius 2 is 0.722 bits per heavy atom. The molecule has 0 saturated carbocycles. The third-order valence-corrected chi connectivity index (χ3v) is 9.73. The summed E-state index contributed by atoms with van der Waals surface area (Å²) >= 11 is 0. The van der Waals surface area contributed by atoms with E-state index in [0.717, 1.165) is 40.5 Å². The van der Waals surface area contributed by atoms with Crippen LogP contribution in [0.5, 0.6) is 23.0 Å². The highest BCUT2D eigenvalue weighted by Crippen LogP contribution is 2.18. The molecule has 0 aliphatic heterocycles. The van der Waals surface area contributed by atoms with Crippen LogP contribution in [0.1, 0.15) is 16.7 Å². The van der Waals surface area contributed by atoms with Crippen LogP contribution in [-0.4, -0.2) is 195 Å². The van der Waals surface area contributed by atoms with Crippen molar-refractivity contribution in [1.29, 1.82) is 0 Å². The summed E-state index contributed by atoms with van der Waals surface area (Å²) in [5, 5.41) is 87.2. The summed E-state index contributed by atoms with van der Waals surface area (Å²) in [6, 6.07) is 40.0. The van der Waals surface area contributed by atoms with Crippen LogP contribution in [0.3, 0.4) is 0 Å². The lowest BCUT2D eigenvalue weighted by atomic mass is 10.2. The summed E-state index contributed by atoms with van der Waals surface area (Å²) < 4.78 is 25.8. The lowest BCUT2D eigenvalue weighted by molar-refractivity contribution is 0.0815. The molecule has 5 rings (SSSR count). The normalized spacial score (nSPS) is 10.2. The van der Waals surface area contributed by atoms with Gasteiger partial charge in [0.25, 0.3) is 0 Å². The van der Waals surface area contributed by atoms with Crippen LogP contribution >= 0.6 is 0 Å². The van der Waals surface area contributed by atoms with Crippen molar-refractivity contribution in [3.8, 4) is 23.0 Å². The van der Waals surface area contributed by atoms with E-state index in [1.54, 1.807) is 31.4 Å². The number of nitrogens with zero attached hydrogens (tertiary/aromatic N) is 3. The van der Waals surface area contributed by atoms with Crippen molar-refractivity contribution in [2.75, 3.05) is 149 Å². The molecule has 18 nitrogen and oxygen atoms in total. The lowest BCUT2D eigenvalue weighted by Crippen LogP contribution is -2.29. The Balaban J connectivity index is 0.000000451. The standard InChI is InChI=1S/C12H19NO3.C11H17NO2.C11H16O4.C10H15NO2.C10H14O4/c1-16-12-4-2-11(3-5-12)10-13(6-8-14)7-9-15;1-10-2-4-11(5-3-10)12(6-8-13)7-9-14;12-5-7-14-9-10-1-3-11(4-2-10)15-8-6-13;12-8-6-11(7-9-13)10-4-2-1-3-5-10;11-5-7-13-9-1-2-10(4-3-9)14-8-6-12/h2-5,14-15H,6-10H2,1H3;2-5,13-14H,6-9H2,1H3;1-4,12-13H,5-9H2;1-5,12-13H,6-9H2;1-4,11-12H,5-8H2. The smallest absolute Gasteiger partial charge is 0.119 e. The monoisotopic (exact) mass is 1010 g/mol. The molecular weight excluding hydrogens is 931 g/mol. The highest BCUT2D eigenvalue weighted by molar-refractivity contribution is 5.47. The number of hydrogen-bond acceptors (Lipinski definition) is 18.